The molecule has 3 rings (SSSR count). The van der Waals surface area contributed by atoms with Gasteiger partial charge < -0.3 is 10.1 Å². The molecule has 0 aliphatic rings. The molecule has 6 nitrogen and oxygen atoms in total. The lowest BCUT2D eigenvalue weighted by atomic mass is 10.1. The number of anilines is 1. The number of amides is 1. The highest BCUT2D eigenvalue weighted by Crippen LogP contribution is 2.16. The Bertz CT molecular complexity index is 765. The van der Waals surface area contributed by atoms with Crippen molar-refractivity contribution >= 4 is 11.6 Å². The Morgan fingerprint density at radius 3 is 2.48 bits per heavy atom. The molecule has 0 bridgehead atoms. The monoisotopic (exact) mass is 308 g/mol. The van der Waals surface area contributed by atoms with E-state index in [1.165, 1.54) is 0 Å². The Morgan fingerprint density at radius 2 is 1.87 bits per heavy atom. The molecule has 3 aromatic rings. The highest BCUT2D eigenvalue weighted by atomic mass is 16.5. The van der Waals surface area contributed by atoms with Gasteiger partial charge in [0.2, 0.25) is 0 Å². The van der Waals surface area contributed by atoms with Crippen molar-refractivity contribution in [2.45, 2.75) is 6.54 Å². The van der Waals surface area contributed by atoms with Crippen LogP contribution < -0.4 is 10.1 Å². The highest BCUT2D eigenvalue weighted by Gasteiger charge is 2.06. The predicted molar refractivity (Wildman–Crippen MR) is 86.5 cm³/mol. The zero-order valence-electron chi connectivity index (χ0n) is 12.6. The van der Waals surface area contributed by atoms with Crippen molar-refractivity contribution in [3.05, 3.63) is 72.1 Å². The molecule has 0 atom stereocenters. The molecule has 1 N–H and O–H groups in total. The molecular formula is C17H16N4O2. The number of nitrogens with one attached hydrogen (secondary N) is 1. The van der Waals surface area contributed by atoms with E-state index in [0.29, 0.717) is 12.1 Å². The molecule has 116 valence electrons. The summed E-state index contributed by atoms with van der Waals surface area (Å²) in [4.78, 5) is 12.2. The fourth-order valence-electron chi connectivity index (χ4n) is 2.14. The normalized spacial score (nSPS) is 10.3. The molecule has 0 fully saturated rings. The van der Waals surface area contributed by atoms with E-state index >= 15 is 0 Å². The predicted octanol–water partition coefficient (Wildman–Crippen LogP) is 2.59. The van der Waals surface area contributed by atoms with Crippen molar-refractivity contribution in [1.29, 1.82) is 0 Å². The largest absolute Gasteiger partial charge is 0.497 e. The maximum absolute atomic E-state index is 12.2. The van der Waals surface area contributed by atoms with Crippen LogP contribution in [0.1, 0.15) is 15.9 Å². The molecule has 0 radical (unpaired) electrons. The summed E-state index contributed by atoms with van der Waals surface area (Å²) in [5, 5.41) is 10.5. The Balaban J connectivity index is 1.64. The van der Waals surface area contributed by atoms with Gasteiger partial charge >= 0.3 is 0 Å². The third kappa shape index (κ3) is 3.74. The Morgan fingerprint density at radius 1 is 1.13 bits per heavy atom. The molecule has 0 spiro atoms. The minimum absolute atomic E-state index is 0.150. The smallest absolute Gasteiger partial charge is 0.255 e. The maximum Gasteiger partial charge on any atom is 0.255 e. The number of methoxy groups -OCH3 is 1. The van der Waals surface area contributed by atoms with E-state index in [-0.39, 0.29) is 5.91 Å². The fraction of sp³-hybridized carbons (Fsp3) is 0.118. The Kier molecular flexibility index (Phi) is 4.33. The second-order valence-electron chi connectivity index (χ2n) is 4.98. The number of hydrogen-bond donors (Lipinski definition) is 1. The number of nitrogens with zero attached hydrogens (tertiary/aromatic N) is 3. The first-order valence-corrected chi connectivity index (χ1v) is 7.13. The molecule has 2 aromatic carbocycles. The van der Waals surface area contributed by atoms with E-state index in [2.05, 4.69) is 15.6 Å². The van der Waals surface area contributed by atoms with E-state index in [1.807, 2.05) is 12.1 Å². The summed E-state index contributed by atoms with van der Waals surface area (Å²) in [7, 11) is 1.61. The van der Waals surface area contributed by atoms with Crippen LogP contribution in [-0.4, -0.2) is 28.0 Å². The van der Waals surface area contributed by atoms with Crippen LogP contribution in [0.15, 0.2) is 60.9 Å². The third-order valence-electron chi connectivity index (χ3n) is 3.38. The zero-order valence-corrected chi connectivity index (χ0v) is 12.6. The van der Waals surface area contributed by atoms with Crippen LogP contribution in [0.4, 0.5) is 5.69 Å². The van der Waals surface area contributed by atoms with E-state index in [4.69, 9.17) is 4.74 Å². The second-order valence-corrected chi connectivity index (χ2v) is 4.98. The van der Waals surface area contributed by atoms with Gasteiger partial charge in [0.1, 0.15) is 5.75 Å². The number of carbonyl (C=O) groups is 1. The molecule has 1 aromatic heterocycles. The summed E-state index contributed by atoms with van der Waals surface area (Å²) in [5.41, 5.74) is 2.38. The molecule has 23 heavy (non-hydrogen) atoms. The van der Waals surface area contributed by atoms with Crippen LogP contribution in [0.25, 0.3) is 0 Å². The van der Waals surface area contributed by atoms with Gasteiger partial charge in [0, 0.05) is 17.4 Å². The summed E-state index contributed by atoms with van der Waals surface area (Å²) in [5.74, 6) is 0.600. The summed E-state index contributed by atoms with van der Waals surface area (Å²) < 4.78 is 6.82. The van der Waals surface area contributed by atoms with Gasteiger partial charge in [-0.15, -0.1) is 5.10 Å². The minimum atomic E-state index is -0.150. The van der Waals surface area contributed by atoms with Crippen LogP contribution >= 0.6 is 0 Å². The third-order valence-corrected chi connectivity index (χ3v) is 3.38. The lowest BCUT2D eigenvalue weighted by molar-refractivity contribution is 0.102. The van der Waals surface area contributed by atoms with Gasteiger partial charge in [0.15, 0.2) is 0 Å². The summed E-state index contributed by atoms with van der Waals surface area (Å²) in [6.07, 6.45) is 3.43. The standard InChI is InChI=1S/C17H16N4O2/c1-23-16-8-6-15(7-9-16)19-17(22)14-4-2-13(3-5-14)12-21-11-10-18-20-21/h2-11H,12H2,1H3,(H,19,22). The van der Waals surface area contributed by atoms with Crippen LogP contribution in [-0.2, 0) is 6.54 Å². The summed E-state index contributed by atoms with van der Waals surface area (Å²) >= 11 is 0. The number of rotatable bonds is 5. The zero-order chi connectivity index (χ0) is 16.1. The van der Waals surface area contributed by atoms with Gasteiger partial charge in [-0.3, -0.25) is 4.79 Å². The second kappa shape index (κ2) is 6.74. The maximum atomic E-state index is 12.2. The average molecular weight is 308 g/mol. The molecule has 0 saturated heterocycles. The fourth-order valence-corrected chi connectivity index (χ4v) is 2.14. The molecular weight excluding hydrogens is 292 g/mol. The molecule has 6 heteroatoms. The van der Waals surface area contributed by atoms with Crippen LogP contribution in [0.3, 0.4) is 0 Å². The molecule has 0 aliphatic carbocycles. The first kappa shape index (κ1) is 14.8. The van der Waals surface area contributed by atoms with Gasteiger partial charge in [-0.25, -0.2) is 4.68 Å². The van der Waals surface area contributed by atoms with Crippen molar-refractivity contribution in [3.63, 3.8) is 0 Å². The van der Waals surface area contributed by atoms with E-state index < -0.39 is 0 Å². The van der Waals surface area contributed by atoms with Gasteiger partial charge in [-0.05, 0) is 42.0 Å². The number of aromatic nitrogens is 3. The molecule has 1 heterocycles. The van der Waals surface area contributed by atoms with Gasteiger partial charge in [-0.2, -0.15) is 0 Å². The number of benzene rings is 2. The lowest BCUT2D eigenvalue weighted by Gasteiger charge is -2.07. The minimum Gasteiger partial charge on any atom is -0.497 e. The van der Waals surface area contributed by atoms with Crippen molar-refractivity contribution in [2.24, 2.45) is 0 Å². The van der Waals surface area contributed by atoms with Crippen molar-refractivity contribution in [1.82, 2.24) is 15.0 Å². The van der Waals surface area contributed by atoms with Crippen molar-refractivity contribution in [2.75, 3.05) is 12.4 Å². The van der Waals surface area contributed by atoms with Gasteiger partial charge in [0.25, 0.3) is 5.91 Å². The van der Waals surface area contributed by atoms with Crippen molar-refractivity contribution < 1.29 is 9.53 Å². The number of ether oxygens (including phenoxy) is 1. The summed E-state index contributed by atoms with van der Waals surface area (Å²) in [6.45, 7) is 0.625. The van der Waals surface area contributed by atoms with E-state index in [9.17, 15) is 4.79 Å². The van der Waals surface area contributed by atoms with Gasteiger partial charge in [-0.1, -0.05) is 17.3 Å². The topological polar surface area (TPSA) is 69.0 Å². The average Bonchev–Trinajstić information content (AvgIpc) is 3.09. The molecule has 0 aliphatic heterocycles. The van der Waals surface area contributed by atoms with Crippen LogP contribution in [0.5, 0.6) is 5.75 Å². The molecule has 0 saturated carbocycles. The SMILES string of the molecule is COc1ccc(NC(=O)c2ccc(Cn3ccnn3)cc2)cc1. The number of hydrogen-bond acceptors (Lipinski definition) is 4. The highest BCUT2D eigenvalue weighted by molar-refractivity contribution is 6.04. The van der Waals surface area contributed by atoms with Crippen LogP contribution in [0.2, 0.25) is 0 Å². The summed E-state index contributed by atoms with van der Waals surface area (Å²) in [6, 6.07) is 14.6. The van der Waals surface area contributed by atoms with Crippen LogP contribution in [0, 0.1) is 0 Å². The van der Waals surface area contributed by atoms with E-state index in [1.54, 1.807) is 60.6 Å². The first-order chi connectivity index (χ1) is 11.2. The number of carbonyl (C=O) groups excluding carboxylic acids is 1. The Labute approximate surface area is 133 Å². The lowest BCUT2D eigenvalue weighted by Crippen LogP contribution is -2.12. The van der Waals surface area contributed by atoms with Gasteiger partial charge in [0.05, 0.1) is 19.9 Å². The Hall–Kier alpha value is -3.15. The first-order valence-electron chi connectivity index (χ1n) is 7.13. The molecule has 0 unspecified atom stereocenters. The van der Waals surface area contributed by atoms with E-state index in [0.717, 1.165) is 17.0 Å². The van der Waals surface area contributed by atoms with Crippen molar-refractivity contribution in [3.8, 4) is 5.75 Å². The molecule has 1 amide bonds. The quantitative estimate of drug-likeness (QED) is 0.786.